The SMILES string of the molecule is CCC(C)N1CC[C@]2(CCOC2)C1. The van der Waals surface area contributed by atoms with Gasteiger partial charge in [-0.25, -0.2) is 0 Å². The highest BCUT2D eigenvalue weighted by Crippen LogP contribution is 2.38. The molecule has 0 aromatic carbocycles. The highest BCUT2D eigenvalue weighted by Gasteiger charge is 2.41. The van der Waals surface area contributed by atoms with Crippen molar-refractivity contribution in [1.29, 1.82) is 0 Å². The molecule has 0 radical (unpaired) electrons. The Morgan fingerprint density at radius 3 is 2.92 bits per heavy atom. The quantitative estimate of drug-likeness (QED) is 0.648. The molecule has 2 nitrogen and oxygen atoms in total. The molecule has 2 fully saturated rings. The first-order valence-electron chi connectivity index (χ1n) is 5.57. The molecule has 2 aliphatic rings. The van der Waals surface area contributed by atoms with E-state index >= 15 is 0 Å². The van der Waals surface area contributed by atoms with Crippen molar-refractivity contribution in [2.45, 2.75) is 39.2 Å². The predicted molar refractivity (Wildman–Crippen MR) is 53.8 cm³/mol. The van der Waals surface area contributed by atoms with E-state index in [1.807, 2.05) is 0 Å². The van der Waals surface area contributed by atoms with E-state index in [1.165, 1.54) is 32.4 Å². The Hall–Kier alpha value is -0.0800. The van der Waals surface area contributed by atoms with Crippen LogP contribution in [0.5, 0.6) is 0 Å². The van der Waals surface area contributed by atoms with Crippen LogP contribution >= 0.6 is 0 Å². The molecule has 2 aliphatic heterocycles. The minimum atomic E-state index is 0.545. The zero-order valence-electron chi connectivity index (χ0n) is 8.88. The molecule has 0 aliphatic carbocycles. The summed E-state index contributed by atoms with van der Waals surface area (Å²) in [6, 6.07) is 0.764. The van der Waals surface area contributed by atoms with E-state index in [2.05, 4.69) is 18.7 Å². The second-order valence-electron chi connectivity index (χ2n) is 4.78. The zero-order chi connectivity index (χ0) is 9.31. The highest BCUT2D eigenvalue weighted by molar-refractivity contribution is 4.93. The number of hydrogen-bond acceptors (Lipinski definition) is 2. The molecule has 2 heteroatoms. The van der Waals surface area contributed by atoms with Crippen LogP contribution in [0, 0.1) is 5.41 Å². The van der Waals surface area contributed by atoms with Gasteiger partial charge in [-0.3, -0.25) is 0 Å². The molecule has 0 N–H and O–H groups in total. The Bertz CT molecular complexity index is 175. The van der Waals surface area contributed by atoms with E-state index in [9.17, 15) is 0 Å². The molecule has 0 bridgehead atoms. The fourth-order valence-electron chi connectivity index (χ4n) is 2.58. The summed E-state index contributed by atoms with van der Waals surface area (Å²) in [7, 11) is 0. The molecule has 2 atom stereocenters. The summed E-state index contributed by atoms with van der Waals surface area (Å²) >= 11 is 0. The molecular formula is C11H21NO. The average molecular weight is 183 g/mol. The van der Waals surface area contributed by atoms with Gasteiger partial charge in [0.15, 0.2) is 0 Å². The van der Waals surface area contributed by atoms with Crippen molar-refractivity contribution < 1.29 is 4.74 Å². The maximum atomic E-state index is 5.52. The molecule has 2 rings (SSSR count). The van der Waals surface area contributed by atoms with Gasteiger partial charge in [0, 0.05) is 24.6 Å². The van der Waals surface area contributed by atoms with Gasteiger partial charge >= 0.3 is 0 Å². The molecular weight excluding hydrogens is 162 g/mol. The van der Waals surface area contributed by atoms with Crippen LogP contribution < -0.4 is 0 Å². The van der Waals surface area contributed by atoms with Gasteiger partial charge < -0.3 is 9.64 Å². The molecule has 76 valence electrons. The van der Waals surface area contributed by atoms with Crippen molar-refractivity contribution in [3.63, 3.8) is 0 Å². The zero-order valence-corrected chi connectivity index (χ0v) is 8.88. The third-order valence-corrected chi connectivity index (χ3v) is 3.87. The maximum Gasteiger partial charge on any atom is 0.0536 e. The fourth-order valence-corrected chi connectivity index (χ4v) is 2.58. The molecule has 1 unspecified atom stereocenters. The second kappa shape index (κ2) is 3.58. The molecule has 0 aromatic rings. The summed E-state index contributed by atoms with van der Waals surface area (Å²) in [4.78, 5) is 2.63. The third-order valence-electron chi connectivity index (χ3n) is 3.87. The Kier molecular flexibility index (Phi) is 2.61. The van der Waals surface area contributed by atoms with Crippen LogP contribution in [0.3, 0.4) is 0 Å². The summed E-state index contributed by atoms with van der Waals surface area (Å²) in [5.74, 6) is 0. The van der Waals surface area contributed by atoms with Crippen molar-refractivity contribution >= 4 is 0 Å². The van der Waals surface area contributed by atoms with Crippen molar-refractivity contribution in [3.8, 4) is 0 Å². The Morgan fingerprint density at radius 1 is 1.46 bits per heavy atom. The minimum Gasteiger partial charge on any atom is -0.381 e. The van der Waals surface area contributed by atoms with Crippen LogP contribution in [0.2, 0.25) is 0 Å². The molecule has 1 spiro atoms. The Morgan fingerprint density at radius 2 is 2.31 bits per heavy atom. The maximum absolute atomic E-state index is 5.52. The van der Waals surface area contributed by atoms with Gasteiger partial charge in [0.05, 0.1) is 6.61 Å². The number of rotatable bonds is 2. The first kappa shape index (κ1) is 9.47. The minimum absolute atomic E-state index is 0.545. The molecule has 2 saturated heterocycles. The topological polar surface area (TPSA) is 12.5 Å². The van der Waals surface area contributed by atoms with E-state index in [4.69, 9.17) is 4.74 Å². The lowest BCUT2D eigenvalue weighted by molar-refractivity contribution is 0.146. The normalized spacial score (nSPS) is 37.4. The lowest BCUT2D eigenvalue weighted by Crippen LogP contribution is -2.33. The Labute approximate surface area is 81.3 Å². The fraction of sp³-hybridized carbons (Fsp3) is 1.00. The summed E-state index contributed by atoms with van der Waals surface area (Å²) in [5, 5.41) is 0. The van der Waals surface area contributed by atoms with Crippen LogP contribution in [0.4, 0.5) is 0 Å². The van der Waals surface area contributed by atoms with Crippen molar-refractivity contribution in [2.24, 2.45) is 5.41 Å². The average Bonchev–Trinajstić information content (AvgIpc) is 2.76. The van der Waals surface area contributed by atoms with E-state index in [0.29, 0.717) is 5.41 Å². The molecule has 13 heavy (non-hydrogen) atoms. The summed E-state index contributed by atoms with van der Waals surface area (Å²) in [6.07, 6.45) is 3.92. The van der Waals surface area contributed by atoms with Crippen molar-refractivity contribution in [3.05, 3.63) is 0 Å². The first-order valence-corrected chi connectivity index (χ1v) is 5.57. The second-order valence-corrected chi connectivity index (χ2v) is 4.78. The summed E-state index contributed by atoms with van der Waals surface area (Å²) < 4.78 is 5.52. The Balaban J connectivity index is 1.93. The van der Waals surface area contributed by atoms with Crippen LogP contribution in [0.15, 0.2) is 0 Å². The van der Waals surface area contributed by atoms with E-state index in [0.717, 1.165) is 19.3 Å². The molecule has 0 amide bonds. The van der Waals surface area contributed by atoms with Gasteiger partial charge in [-0.15, -0.1) is 0 Å². The van der Waals surface area contributed by atoms with Gasteiger partial charge in [-0.2, -0.15) is 0 Å². The number of hydrogen-bond donors (Lipinski definition) is 0. The smallest absolute Gasteiger partial charge is 0.0536 e. The van der Waals surface area contributed by atoms with Gasteiger partial charge in [-0.05, 0) is 32.7 Å². The number of ether oxygens (including phenoxy) is 1. The van der Waals surface area contributed by atoms with E-state index < -0.39 is 0 Å². The number of nitrogens with zero attached hydrogens (tertiary/aromatic N) is 1. The summed E-state index contributed by atoms with van der Waals surface area (Å²) in [5.41, 5.74) is 0.545. The monoisotopic (exact) mass is 183 g/mol. The lowest BCUT2D eigenvalue weighted by Gasteiger charge is -2.26. The van der Waals surface area contributed by atoms with Gasteiger partial charge in [-0.1, -0.05) is 6.92 Å². The van der Waals surface area contributed by atoms with E-state index in [1.54, 1.807) is 0 Å². The van der Waals surface area contributed by atoms with Gasteiger partial charge in [0.1, 0.15) is 0 Å². The van der Waals surface area contributed by atoms with Gasteiger partial charge in [0.25, 0.3) is 0 Å². The third kappa shape index (κ3) is 1.75. The predicted octanol–water partition coefficient (Wildman–Crippen LogP) is 1.90. The van der Waals surface area contributed by atoms with Crippen LogP contribution in [0.25, 0.3) is 0 Å². The van der Waals surface area contributed by atoms with Gasteiger partial charge in [0.2, 0.25) is 0 Å². The molecule has 0 aromatic heterocycles. The van der Waals surface area contributed by atoms with Crippen molar-refractivity contribution in [1.82, 2.24) is 4.90 Å². The largest absolute Gasteiger partial charge is 0.381 e. The first-order chi connectivity index (χ1) is 6.26. The standard InChI is InChI=1S/C11H21NO/c1-3-10(2)12-6-4-11(8-12)5-7-13-9-11/h10H,3-9H2,1-2H3/t10?,11-/m0/s1. The van der Waals surface area contributed by atoms with Crippen LogP contribution in [-0.2, 0) is 4.74 Å². The molecule has 2 heterocycles. The molecule has 0 saturated carbocycles. The summed E-state index contributed by atoms with van der Waals surface area (Å²) in [6.45, 7) is 9.20. The number of likely N-dealkylation sites (tertiary alicyclic amines) is 1. The van der Waals surface area contributed by atoms with Crippen molar-refractivity contribution in [2.75, 3.05) is 26.3 Å². The lowest BCUT2D eigenvalue weighted by atomic mass is 9.87. The van der Waals surface area contributed by atoms with Crippen LogP contribution in [-0.4, -0.2) is 37.2 Å². The highest BCUT2D eigenvalue weighted by atomic mass is 16.5. The van der Waals surface area contributed by atoms with Crippen LogP contribution in [0.1, 0.15) is 33.1 Å². The van der Waals surface area contributed by atoms with E-state index in [-0.39, 0.29) is 0 Å².